The Morgan fingerprint density at radius 3 is 2.95 bits per heavy atom. The monoisotopic (exact) mass is 296 g/mol. The van der Waals surface area contributed by atoms with Gasteiger partial charge in [-0.1, -0.05) is 11.6 Å². The number of aromatic nitrogens is 1. The van der Waals surface area contributed by atoms with Gasteiger partial charge in [-0.05, 0) is 30.7 Å². The molecule has 2 aromatic rings. The molecule has 0 saturated heterocycles. The maximum absolute atomic E-state index is 11.8. The van der Waals surface area contributed by atoms with Crippen LogP contribution in [0.15, 0.2) is 30.5 Å². The highest BCUT2D eigenvalue weighted by molar-refractivity contribution is 7.16. The Morgan fingerprint density at radius 2 is 2.26 bits per heavy atom. The molecule has 0 aliphatic rings. The van der Waals surface area contributed by atoms with Crippen molar-refractivity contribution in [1.29, 1.82) is 0 Å². The molecule has 0 bridgehead atoms. The van der Waals surface area contributed by atoms with Gasteiger partial charge in [-0.3, -0.25) is 15.6 Å². The maximum Gasteiger partial charge on any atom is 0.269 e. The number of hydrazine groups is 1. The number of pyridine rings is 1. The molecule has 0 atom stereocenters. The minimum absolute atomic E-state index is 0.222. The highest BCUT2D eigenvalue weighted by atomic mass is 35.5. The van der Waals surface area contributed by atoms with Crippen molar-refractivity contribution in [2.24, 2.45) is 5.84 Å². The fourth-order valence-corrected chi connectivity index (χ4v) is 2.61. The van der Waals surface area contributed by atoms with Gasteiger partial charge in [0.2, 0.25) is 0 Å². The van der Waals surface area contributed by atoms with Crippen molar-refractivity contribution in [2.75, 3.05) is 12.0 Å². The van der Waals surface area contributed by atoms with Crippen molar-refractivity contribution in [3.63, 3.8) is 0 Å². The lowest BCUT2D eigenvalue weighted by atomic mass is 10.3. The average Bonchev–Trinajstić information content (AvgIpc) is 2.84. The number of amides is 1. The van der Waals surface area contributed by atoms with E-state index in [1.807, 2.05) is 12.1 Å². The quantitative estimate of drug-likeness (QED) is 0.583. The number of anilines is 1. The second kappa shape index (κ2) is 6.51. The van der Waals surface area contributed by atoms with Gasteiger partial charge in [0.25, 0.3) is 5.91 Å². The van der Waals surface area contributed by atoms with Gasteiger partial charge in [-0.15, -0.1) is 11.3 Å². The molecule has 7 heteroatoms. The van der Waals surface area contributed by atoms with Crippen LogP contribution in [0.1, 0.15) is 15.4 Å². The van der Waals surface area contributed by atoms with Crippen molar-refractivity contribution in [1.82, 2.24) is 10.3 Å². The Kier molecular flexibility index (Phi) is 4.73. The number of hydrogen-bond acceptors (Lipinski definition) is 5. The number of nitrogen functional groups attached to an aromatic ring is 1. The van der Waals surface area contributed by atoms with E-state index < -0.39 is 0 Å². The second-order valence-corrected chi connectivity index (χ2v) is 5.59. The molecule has 0 radical (unpaired) electrons. The number of nitrogens with two attached hydrogens (primary N) is 1. The summed E-state index contributed by atoms with van der Waals surface area (Å²) in [7, 11) is 0. The van der Waals surface area contributed by atoms with E-state index in [4.69, 9.17) is 17.4 Å². The molecular formula is C12H13ClN4OS. The van der Waals surface area contributed by atoms with Crippen LogP contribution in [-0.2, 0) is 6.42 Å². The third-order valence-corrected chi connectivity index (χ3v) is 3.74. The first-order valence-electron chi connectivity index (χ1n) is 5.64. The number of halogens is 1. The molecule has 0 unspecified atom stereocenters. The zero-order valence-corrected chi connectivity index (χ0v) is 11.6. The molecule has 2 heterocycles. The van der Waals surface area contributed by atoms with Gasteiger partial charge < -0.3 is 10.7 Å². The Balaban J connectivity index is 1.87. The lowest BCUT2D eigenvalue weighted by Crippen LogP contribution is -2.26. The molecule has 0 spiro atoms. The minimum Gasteiger partial charge on any atom is -0.350 e. The summed E-state index contributed by atoms with van der Waals surface area (Å²) in [5, 5.41) is 2.80. The van der Waals surface area contributed by atoms with Gasteiger partial charge >= 0.3 is 0 Å². The summed E-state index contributed by atoms with van der Waals surface area (Å²) in [6, 6.07) is 7.08. The molecule has 0 aliphatic heterocycles. The summed E-state index contributed by atoms with van der Waals surface area (Å²) in [5.41, 5.74) is 3.45. The van der Waals surface area contributed by atoms with Crippen LogP contribution in [0.2, 0.25) is 4.34 Å². The number of hydrogen-bond donors (Lipinski definition) is 3. The first kappa shape index (κ1) is 13.8. The number of carbonyl (C=O) groups excluding carboxylic acids is 1. The summed E-state index contributed by atoms with van der Waals surface area (Å²) in [6.07, 6.45) is 2.28. The van der Waals surface area contributed by atoms with Crippen LogP contribution in [0, 0.1) is 0 Å². The van der Waals surface area contributed by atoms with Crippen molar-refractivity contribution in [3.05, 3.63) is 45.4 Å². The van der Waals surface area contributed by atoms with E-state index >= 15 is 0 Å². The van der Waals surface area contributed by atoms with Crippen LogP contribution in [0.3, 0.4) is 0 Å². The third kappa shape index (κ3) is 3.92. The topological polar surface area (TPSA) is 80.0 Å². The third-order valence-electron chi connectivity index (χ3n) is 2.45. The van der Waals surface area contributed by atoms with Gasteiger partial charge in [0.15, 0.2) is 0 Å². The minimum atomic E-state index is -0.222. The number of nitrogens with one attached hydrogen (secondary N) is 2. The molecule has 2 rings (SSSR count). The lowest BCUT2D eigenvalue weighted by Gasteiger charge is -2.05. The molecule has 5 nitrogen and oxygen atoms in total. The summed E-state index contributed by atoms with van der Waals surface area (Å²) < 4.78 is 0.754. The number of carbonyl (C=O) groups is 1. The second-order valence-electron chi connectivity index (χ2n) is 3.79. The van der Waals surface area contributed by atoms with Crippen LogP contribution in [0.4, 0.5) is 5.69 Å². The average molecular weight is 297 g/mol. The van der Waals surface area contributed by atoms with E-state index in [2.05, 4.69) is 15.7 Å². The van der Waals surface area contributed by atoms with E-state index in [0.717, 1.165) is 15.6 Å². The number of rotatable bonds is 5. The summed E-state index contributed by atoms with van der Waals surface area (Å²) in [4.78, 5) is 17.0. The van der Waals surface area contributed by atoms with E-state index in [0.29, 0.717) is 17.9 Å². The van der Waals surface area contributed by atoms with Crippen LogP contribution in [-0.4, -0.2) is 17.4 Å². The first-order chi connectivity index (χ1) is 9.19. The first-order valence-corrected chi connectivity index (χ1v) is 6.83. The van der Waals surface area contributed by atoms with Gasteiger partial charge in [0.05, 0.1) is 10.0 Å². The molecule has 0 fully saturated rings. The molecule has 0 saturated carbocycles. The predicted octanol–water partition coefficient (Wildman–Crippen LogP) is 2.05. The molecule has 1 amide bonds. The van der Waals surface area contributed by atoms with Gasteiger partial charge in [0.1, 0.15) is 5.69 Å². The Labute approximate surface area is 119 Å². The van der Waals surface area contributed by atoms with Crippen molar-refractivity contribution in [2.45, 2.75) is 6.42 Å². The molecular weight excluding hydrogens is 284 g/mol. The highest BCUT2D eigenvalue weighted by Crippen LogP contribution is 2.21. The zero-order valence-electron chi connectivity index (χ0n) is 10.0. The Morgan fingerprint density at radius 1 is 1.42 bits per heavy atom. The molecule has 4 N–H and O–H groups in total. The van der Waals surface area contributed by atoms with Gasteiger partial charge in [-0.25, -0.2) is 0 Å². The van der Waals surface area contributed by atoms with Crippen LogP contribution >= 0.6 is 22.9 Å². The number of nitrogens with zero attached hydrogens (tertiary/aromatic N) is 1. The molecule has 100 valence electrons. The Bertz CT molecular complexity index is 572. The summed E-state index contributed by atoms with van der Waals surface area (Å²) in [5.74, 6) is 5.05. The molecule has 0 aromatic carbocycles. The van der Waals surface area contributed by atoms with Crippen LogP contribution in [0.5, 0.6) is 0 Å². The van der Waals surface area contributed by atoms with E-state index in [1.54, 1.807) is 12.1 Å². The maximum atomic E-state index is 11.8. The van der Waals surface area contributed by atoms with Crippen molar-refractivity contribution in [3.8, 4) is 0 Å². The van der Waals surface area contributed by atoms with Crippen LogP contribution in [0.25, 0.3) is 0 Å². The fourth-order valence-electron chi connectivity index (χ4n) is 1.52. The van der Waals surface area contributed by atoms with E-state index in [-0.39, 0.29) is 5.91 Å². The van der Waals surface area contributed by atoms with Gasteiger partial charge in [-0.2, -0.15) is 0 Å². The van der Waals surface area contributed by atoms with Crippen molar-refractivity contribution >= 4 is 34.5 Å². The van der Waals surface area contributed by atoms with Gasteiger partial charge in [0, 0.05) is 17.6 Å². The zero-order chi connectivity index (χ0) is 13.7. The molecule has 0 aliphatic carbocycles. The standard InChI is InChI=1S/C12H13ClN4OS/c13-11-2-1-9(19-11)4-6-16-12(18)10-7-8(17-14)3-5-15-10/h1-3,5,7H,4,6,14H2,(H,15,17)(H,16,18). The molecule has 2 aromatic heterocycles. The Hall–Kier alpha value is -1.63. The summed E-state index contributed by atoms with van der Waals surface area (Å²) in [6.45, 7) is 0.539. The summed E-state index contributed by atoms with van der Waals surface area (Å²) >= 11 is 7.35. The predicted molar refractivity (Wildman–Crippen MR) is 77.4 cm³/mol. The normalized spacial score (nSPS) is 10.2. The van der Waals surface area contributed by atoms with Crippen molar-refractivity contribution < 1.29 is 4.79 Å². The van der Waals surface area contributed by atoms with Crippen LogP contribution < -0.4 is 16.6 Å². The van der Waals surface area contributed by atoms with E-state index in [1.165, 1.54) is 17.5 Å². The SMILES string of the molecule is NNc1ccnc(C(=O)NCCc2ccc(Cl)s2)c1. The largest absolute Gasteiger partial charge is 0.350 e. The highest BCUT2D eigenvalue weighted by Gasteiger charge is 2.07. The molecule has 19 heavy (non-hydrogen) atoms. The fraction of sp³-hybridized carbons (Fsp3) is 0.167. The number of thiophene rings is 1. The smallest absolute Gasteiger partial charge is 0.269 e. The lowest BCUT2D eigenvalue weighted by molar-refractivity contribution is 0.0949. The van der Waals surface area contributed by atoms with E-state index in [9.17, 15) is 4.79 Å².